The van der Waals surface area contributed by atoms with Crippen molar-refractivity contribution < 1.29 is 37.2 Å². The lowest BCUT2D eigenvalue weighted by Crippen LogP contribution is -2.50. The van der Waals surface area contributed by atoms with Gasteiger partial charge in [-0.3, -0.25) is 14.4 Å². The van der Waals surface area contributed by atoms with Gasteiger partial charge in [-0.1, -0.05) is 18.2 Å². The molecule has 43 heavy (non-hydrogen) atoms. The van der Waals surface area contributed by atoms with Crippen LogP contribution in [0.3, 0.4) is 0 Å². The standard InChI is InChI=1S/C28H38BF3N6O5/c1-27(2)20-9-8-18(13-21(20)29(42)43-27)37-26(41)23(11-5-16-3-6-17(7-4-16)28(30,31)32)38-25(40)22(35)10-12-24(39)36-19(14-33)15-34/h3-4,6-9,13,19,22-23,42H,5,10-12,14-15,33-35H2,1-2H3,(H,36,39)(H,37,41)(H,38,40). The van der Waals surface area contributed by atoms with Crippen LogP contribution in [0.4, 0.5) is 18.9 Å². The van der Waals surface area contributed by atoms with Crippen LogP contribution in [0.25, 0.3) is 0 Å². The Labute approximate surface area is 248 Å². The lowest BCUT2D eigenvalue weighted by molar-refractivity contribution is -0.137. The van der Waals surface area contributed by atoms with E-state index in [1.807, 2.05) is 0 Å². The molecule has 0 radical (unpaired) electrons. The summed E-state index contributed by atoms with van der Waals surface area (Å²) in [4.78, 5) is 38.4. The summed E-state index contributed by atoms with van der Waals surface area (Å²) in [5.41, 5.74) is 17.6. The predicted molar refractivity (Wildman–Crippen MR) is 156 cm³/mol. The molecular formula is C28H38BF3N6O5. The van der Waals surface area contributed by atoms with Crippen LogP contribution in [0.2, 0.25) is 0 Å². The highest BCUT2D eigenvalue weighted by molar-refractivity contribution is 6.62. The van der Waals surface area contributed by atoms with Gasteiger partial charge in [0.1, 0.15) is 6.04 Å². The second-order valence-electron chi connectivity index (χ2n) is 10.9. The number of carbonyl (C=O) groups excluding carboxylic acids is 3. The van der Waals surface area contributed by atoms with E-state index < -0.39 is 54.4 Å². The molecule has 2 unspecified atom stereocenters. The van der Waals surface area contributed by atoms with Crippen molar-refractivity contribution in [2.45, 2.75) is 69.4 Å². The fraction of sp³-hybridized carbons (Fsp3) is 0.464. The molecule has 1 aliphatic heterocycles. The van der Waals surface area contributed by atoms with Gasteiger partial charge in [-0.2, -0.15) is 13.2 Å². The van der Waals surface area contributed by atoms with Crippen molar-refractivity contribution >= 4 is 36.0 Å². The summed E-state index contributed by atoms with van der Waals surface area (Å²) in [6, 6.07) is 6.78. The molecule has 0 fully saturated rings. The number of aryl methyl sites for hydroxylation is 1. The summed E-state index contributed by atoms with van der Waals surface area (Å²) in [5, 5.41) is 18.2. The summed E-state index contributed by atoms with van der Waals surface area (Å²) in [6.45, 7) is 3.90. The molecule has 3 rings (SSSR count). The molecule has 1 aliphatic rings. The smallest absolute Gasteiger partial charge is 0.423 e. The van der Waals surface area contributed by atoms with Crippen LogP contribution in [0, 0.1) is 0 Å². The van der Waals surface area contributed by atoms with Crippen LogP contribution in [0.15, 0.2) is 42.5 Å². The molecule has 0 aliphatic carbocycles. The zero-order chi connectivity index (χ0) is 31.9. The summed E-state index contributed by atoms with van der Waals surface area (Å²) >= 11 is 0. The second-order valence-corrected chi connectivity index (χ2v) is 10.9. The minimum Gasteiger partial charge on any atom is -0.423 e. The Morgan fingerprint density at radius 3 is 2.26 bits per heavy atom. The molecule has 0 spiro atoms. The van der Waals surface area contributed by atoms with Crippen LogP contribution < -0.4 is 38.6 Å². The molecular weight excluding hydrogens is 568 g/mol. The number of halogens is 3. The van der Waals surface area contributed by atoms with E-state index in [2.05, 4.69) is 16.0 Å². The van der Waals surface area contributed by atoms with E-state index in [9.17, 15) is 32.6 Å². The summed E-state index contributed by atoms with van der Waals surface area (Å²) in [7, 11) is -1.18. The van der Waals surface area contributed by atoms with Gasteiger partial charge in [0.25, 0.3) is 0 Å². The molecule has 1 heterocycles. The highest BCUT2D eigenvalue weighted by Gasteiger charge is 2.40. The van der Waals surface area contributed by atoms with Gasteiger partial charge in [-0.05, 0) is 74.0 Å². The molecule has 3 amide bonds. The topological polar surface area (TPSA) is 195 Å². The van der Waals surface area contributed by atoms with Gasteiger partial charge in [0.2, 0.25) is 17.7 Å². The van der Waals surface area contributed by atoms with E-state index in [0.29, 0.717) is 16.7 Å². The van der Waals surface area contributed by atoms with Crippen LogP contribution in [0.5, 0.6) is 0 Å². The van der Waals surface area contributed by atoms with Crippen molar-refractivity contribution in [2.24, 2.45) is 17.2 Å². The Morgan fingerprint density at radius 2 is 1.65 bits per heavy atom. The third-order valence-electron chi connectivity index (χ3n) is 7.23. The average molecular weight is 606 g/mol. The zero-order valence-corrected chi connectivity index (χ0v) is 24.0. The number of amides is 3. The van der Waals surface area contributed by atoms with Gasteiger partial charge in [0.05, 0.1) is 23.2 Å². The number of carbonyl (C=O) groups is 3. The number of fused-ring (bicyclic) bond motifs is 1. The average Bonchev–Trinajstić information content (AvgIpc) is 3.18. The number of nitrogens with two attached hydrogens (primary N) is 3. The van der Waals surface area contributed by atoms with Gasteiger partial charge >= 0.3 is 13.3 Å². The summed E-state index contributed by atoms with van der Waals surface area (Å²) < 4.78 is 44.4. The van der Waals surface area contributed by atoms with Crippen molar-refractivity contribution in [1.82, 2.24) is 10.6 Å². The third-order valence-corrected chi connectivity index (χ3v) is 7.23. The summed E-state index contributed by atoms with van der Waals surface area (Å²) in [6.07, 6.45) is -4.39. The molecule has 0 bridgehead atoms. The molecule has 2 atom stereocenters. The zero-order valence-electron chi connectivity index (χ0n) is 24.0. The highest BCUT2D eigenvalue weighted by Crippen LogP contribution is 2.31. The van der Waals surface area contributed by atoms with E-state index in [4.69, 9.17) is 21.9 Å². The number of nitrogens with one attached hydrogen (secondary N) is 3. The fourth-order valence-electron chi connectivity index (χ4n) is 4.68. The number of hydrogen-bond donors (Lipinski definition) is 7. The van der Waals surface area contributed by atoms with Crippen molar-refractivity contribution in [3.05, 3.63) is 59.2 Å². The first-order valence-electron chi connectivity index (χ1n) is 13.9. The van der Waals surface area contributed by atoms with Crippen molar-refractivity contribution in [1.29, 1.82) is 0 Å². The maximum absolute atomic E-state index is 13.3. The number of hydrogen-bond acceptors (Lipinski definition) is 8. The first kappa shape index (κ1) is 34.0. The van der Waals surface area contributed by atoms with Gasteiger partial charge < -0.3 is 42.8 Å². The molecule has 11 nitrogen and oxygen atoms in total. The summed E-state index contributed by atoms with van der Waals surface area (Å²) in [5.74, 6) is -1.67. The van der Waals surface area contributed by atoms with Gasteiger partial charge in [-0.25, -0.2) is 0 Å². The Balaban J connectivity index is 1.71. The van der Waals surface area contributed by atoms with E-state index in [-0.39, 0.29) is 44.7 Å². The molecule has 15 heteroatoms. The molecule has 0 aromatic heterocycles. The normalized spacial score (nSPS) is 15.5. The van der Waals surface area contributed by atoms with Gasteiger partial charge in [0.15, 0.2) is 0 Å². The lowest BCUT2D eigenvalue weighted by Gasteiger charge is -2.22. The number of anilines is 1. The Bertz CT molecular complexity index is 1290. The monoisotopic (exact) mass is 606 g/mol. The highest BCUT2D eigenvalue weighted by atomic mass is 19.4. The molecule has 234 valence electrons. The van der Waals surface area contributed by atoms with Crippen LogP contribution in [-0.2, 0) is 37.2 Å². The minimum atomic E-state index is -4.48. The number of benzene rings is 2. The maximum atomic E-state index is 13.3. The SMILES string of the molecule is CC1(C)OB(O)c2cc(NC(=O)C(CCc3ccc(C(F)(F)F)cc3)NC(=O)C(N)CCC(=O)NC(CN)CN)ccc21. The first-order chi connectivity index (χ1) is 20.1. The van der Waals surface area contributed by atoms with E-state index >= 15 is 0 Å². The van der Waals surface area contributed by atoms with Gasteiger partial charge in [0, 0.05) is 25.2 Å². The Morgan fingerprint density at radius 1 is 1.00 bits per heavy atom. The van der Waals surface area contributed by atoms with Crippen molar-refractivity contribution in [3.63, 3.8) is 0 Å². The molecule has 10 N–H and O–H groups in total. The Kier molecular flexibility index (Phi) is 11.3. The predicted octanol–water partition coefficient (Wildman–Crippen LogP) is 0.224. The molecule has 2 aromatic rings. The van der Waals surface area contributed by atoms with E-state index in [0.717, 1.165) is 17.7 Å². The number of alkyl halides is 3. The first-order valence-corrected chi connectivity index (χ1v) is 13.9. The minimum absolute atomic E-state index is 0.0226. The molecule has 0 saturated heterocycles. The molecule has 0 saturated carbocycles. The van der Waals surface area contributed by atoms with Crippen molar-refractivity contribution in [3.8, 4) is 0 Å². The van der Waals surface area contributed by atoms with Crippen LogP contribution >= 0.6 is 0 Å². The largest absolute Gasteiger partial charge is 0.492 e. The van der Waals surface area contributed by atoms with Crippen LogP contribution in [-0.4, -0.2) is 61.1 Å². The van der Waals surface area contributed by atoms with E-state index in [1.54, 1.807) is 32.0 Å². The lowest BCUT2D eigenvalue weighted by atomic mass is 9.78. The van der Waals surface area contributed by atoms with E-state index in [1.165, 1.54) is 12.1 Å². The van der Waals surface area contributed by atoms with Gasteiger partial charge in [-0.15, -0.1) is 0 Å². The third kappa shape index (κ3) is 9.24. The Hall–Kier alpha value is -3.50. The maximum Gasteiger partial charge on any atom is 0.492 e. The van der Waals surface area contributed by atoms with Crippen LogP contribution in [0.1, 0.15) is 49.8 Å². The van der Waals surface area contributed by atoms with Crippen molar-refractivity contribution in [2.75, 3.05) is 18.4 Å². The fourth-order valence-corrected chi connectivity index (χ4v) is 4.68. The number of rotatable bonds is 13. The quantitative estimate of drug-likeness (QED) is 0.157. The molecule has 2 aromatic carbocycles. The second kappa shape index (κ2) is 14.3.